The van der Waals surface area contributed by atoms with Crippen LogP contribution in [-0.2, 0) is 0 Å². The molecule has 0 aliphatic carbocycles. The van der Waals surface area contributed by atoms with Crippen LogP contribution in [0.2, 0.25) is 0 Å². The van der Waals surface area contributed by atoms with Crippen LogP contribution in [0.25, 0.3) is 0 Å². The Morgan fingerprint density at radius 2 is 2.18 bits per heavy atom. The molecule has 58 valence electrons. The van der Waals surface area contributed by atoms with Gasteiger partial charge in [-0.05, 0) is 12.1 Å². The normalized spacial score (nSPS) is 9.55. The van der Waals surface area contributed by atoms with Gasteiger partial charge in [0.1, 0.15) is 0 Å². The van der Waals surface area contributed by atoms with E-state index in [2.05, 4.69) is 12.6 Å². The van der Waals surface area contributed by atoms with E-state index in [4.69, 9.17) is 10.2 Å². The summed E-state index contributed by atoms with van der Waals surface area (Å²) in [5.74, 6) is -0.889. The second-order valence-electron chi connectivity index (χ2n) is 2.04. The van der Waals surface area contributed by atoms with Crippen LogP contribution >= 0.6 is 12.6 Å². The standard InChI is InChI=1S/C7H6O3S/c8-5-3-4(7(9)10)1-2-6(5)11/h1-3,8,11H,(H,9,10)/p+1. The zero-order valence-corrected chi connectivity index (χ0v) is 6.43. The molecule has 0 saturated carbocycles. The van der Waals surface area contributed by atoms with E-state index in [0.29, 0.717) is 4.90 Å². The van der Waals surface area contributed by atoms with Gasteiger partial charge in [0.15, 0.2) is 0 Å². The molecule has 11 heavy (non-hydrogen) atoms. The molecule has 3 N–H and O–H groups in total. The third-order valence-electron chi connectivity index (χ3n) is 1.24. The Balaban J connectivity index is 3.15. The van der Waals surface area contributed by atoms with E-state index in [1.165, 1.54) is 18.2 Å². The smallest absolute Gasteiger partial charge is 0.336 e. The van der Waals surface area contributed by atoms with Crippen molar-refractivity contribution in [2.45, 2.75) is 4.90 Å². The van der Waals surface area contributed by atoms with Gasteiger partial charge >= 0.3 is 5.97 Å². The molecule has 0 atom stereocenters. The van der Waals surface area contributed by atoms with Crippen molar-refractivity contribution in [3.8, 4) is 5.75 Å². The van der Waals surface area contributed by atoms with Crippen molar-refractivity contribution in [2.24, 2.45) is 0 Å². The number of rotatable bonds is 1. The number of hydrogen-bond acceptors (Lipinski definition) is 2. The van der Waals surface area contributed by atoms with Gasteiger partial charge in [-0.25, -0.2) is 4.79 Å². The van der Waals surface area contributed by atoms with Gasteiger partial charge in [-0.2, -0.15) is 0 Å². The van der Waals surface area contributed by atoms with Crippen molar-refractivity contribution < 1.29 is 15.0 Å². The fraction of sp³-hybridized carbons (Fsp3) is 0. The molecule has 0 unspecified atom stereocenters. The Morgan fingerprint density at radius 1 is 1.55 bits per heavy atom. The summed E-state index contributed by atoms with van der Waals surface area (Å²) in [6.45, 7) is 0. The maximum absolute atomic E-state index is 10.4. The first kappa shape index (κ1) is 7.94. The molecule has 0 spiro atoms. The van der Waals surface area contributed by atoms with Crippen LogP contribution in [0.4, 0.5) is 0 Å². The number of hydrogen-bond donors (Lipinski definition) is 2. The van der Waals surface area contributed by atoms with Crippen LogP contribution in [0.3, 0.4) is 0 Å². The molecule has 0 bridgehead atoms. The van der Waals surface area contributed by atoms with Crippen molar-refractivity contribution in [3.63, 3.8) is 0 Å². The molecular formula is C7H7O3S+. The molecule has 0 aliphatic rings. The van der Waals surface area contributed by atoms with Crippen molar-refractivity contribution in [1.82, 2.24) is 0 Å². The lowest BCUT2D eigenvalue weighted by Crippen LogP contribution is -1.94. The minimum atomic E-state index is -1.02. The number of aromatic carboxylic acids is 1. The SMILES string of the molecule is O=C(O)c1ccc(S)c([OH2+])c1. The van der Waals surface area contributed by atoms with Crippen LogP contribution < -0.4 is 0 Å². The summed E-state index contributed by atoms with van der Waals surface area (Å²) in [4.78, 5) is 10.8. The van der Waals surface area contributed by atoms with Crippen molar-refractivity contribution >= 4 is 18.6 Å². The Bertz CT molecular complexity index is 296. The highest BCUT2D eigenvalue weighted by Crippen LogP contribution is 2.21. The Kier molecular flexibility index (Phi) is 2.05. The van der Waals surface area contributed by atoms with Gasteiger partial charge in [-0.1, -0.05) is 0 Å². The van der Waals surface area contributed by atoms with Gasteiger partial charge in [-0.15, -0.1) is 12.6 Å². The summed E-state index contributed by atoms with van der Waals surface area (Å²) in [7, 11) is 0. The predicted molar refractivity (Wildman–Crippen MR) is 43.7 cm³/mol. The number of carboxylic acid groups (broad SMARTS) is 1. The molecular weight excluding hydrogens is 164 g/mol. The summed E-state index contributed by atoms with van der Waals surface area (Å²) in [5, 5.41) is 15.7. The van der Waals surface area contributed by atoms with Gasteiger partial charge in [0, 0.05) is 6.07 Å². The van der Waals surface area contributed by atoms with Gasteiger partial charge in [0.05, 0.1) is 10.5 Å². The van der Waals surface area contributed by atoms with E-state index in [1.807, 2.05) is 0 Å². The predicted octanol–water partition coefficient (Wildman–Crippen LogP) is 1.11. The summed E-state index contributed by atoms with van der Waals surface area (Å²) in [6, 6.07) is 4.18. The fourth-order valence-electron chi connectivity index (χ4n) is 0.669. The van der Waals surface area contributed by atoms with E-state index in [9.17, 15) is 4.79 Å². The maximum Gasteiger partial charge on any atom is 0.336 e. The molecule has 0 heterocycles. The maximum atomic E-state index is 10.4. The quantitative estimate of drug-likeness (QED) is 0.491. The summed E-state index contributed by atoms with van der Waals surface area (Å²) in [6.07, 6.45) is 0. The van der Waals surface area contributed by atoms with Crippen LogP contribution in [0, 0.1) is 0 Å². The highest BCUT2D eigenvalue weighted by atomic mass is 32.1. The highest BCUT2D eigenvalue weighted by Gasteiger charge is 2.07. The van der Waals surface area contributed by atoms with Crippen molar-refractivity contribution in [2.75, 3.05) is 0 Å². The molecule has 4 heteroatoms. The minimum Gasteiger partial charge on any atom is -0.593 e. The highest BCUT2D eigenvalue weighted by molar-refractivity contribution is 7.80. The van der Waals surface area contributed by atoms with Gasteiger partial charge in [0.2, 0.25) is 0 Å². The first-order valence-corrected chi connectivity index (χ1v) is 3.34. The second-order valence-corrected chi connectivity index (χ2v) is 2.52. The molecule has 0 radical (unpaired) electrons. The molecule has 1 aromatic carbocycles. The van der Waals surface area contributed by atoms with Gasteiger partial charge in [-0.3, -0.25) is 0 Å². The molecule has 0 fully saturated rings. The molecule has 1 rings (SSSR count). The topological polar surface area (TPSA) is 60.2 Å². The zero-order chi connectivity index (χ0) is 8.43. The van der Waals surface area contributed by atoms with Gasteiger partial charge in [0.25, 0.3) is 5.75 Å². The molecule has 3 nitrogen and oxygen atoms in total. The number of carboxylic acids is 1. The van der Waals surface area contributed by atoms with E-state index in [1.54, 1.807) is 0 Å². The third-order valence-corrected chi connectivity index (χ3v) is 1.63. The van der Waals surface area contributed by atoms with Crippen LogP contribution in [0.15, 0.2) is 23.1 Å². The van der Waals surface area contributed by atoms with Crippen LogP contribution in [-0.4, -0.2) is 16.2 Å². The lowest BCUT2D eigenvalue weighted by Gasteiger charge is -1.94. The Morgan fingerprint density at radius 3 is 2.64 bits per heavy atom. The van der Waals surface area contributed by atoms with Crippen LogP contribution in [0.1, 0.15) is 10.4 Å². The van der Waals surface area contributed by atoms with Crippen molar-refractivity contribution in [1.29, 1.82) is 0 Å². The second kappa shape index (κ2) is 2.84. The van der Waals surface area contributed by atoms with Crippen LogP contribution in [0.5, 0.6) is 5.75 Å². The number of benzene rings is 1. The van der Waals surface area contributed by atoms with Gasteiger partial charge < -0.3 is 10.2 Å². The first-order chi connectivity index (χ1) is 5.11. The first-order valence-electron chi connectivity index (χ1n) is 2.89. The molecule has 0 aliphatic heterocycles. The number of carbonyl (C=O) groups is 1. The lowest BCUT2D eigenvalue weighted by molar-refractivity contribution is 0.0696. The summed E-state index contributed by atoms with van der Waals surface area (Å²) < 4.78 is 0. The third kappa shape index (κ3) is 1.65. The van der Waals surface area contributed by atoms with E-state index in [0.717, 1.165) is 0 Å². The number of thiol groups is 1. The average molecular weight is 171 g/mol. The molecule has 0 aromatic heterocycles. The monoisotopic (exact) mass is 171 g/mol. The Labute approximate surface area is 68.7 Å². The average Bonchev–Trinajstić information content (AvgIpc) is 1.94. The summed E-state index contributed by atoms with van der Waals surface area (Å²) in [5.41, 5.74) is 0.118. The van der Waals surface area contributed by atoms with E-state index in [-0.39, 0.29) is 11.3 Å². The minimum absolute atomic E-state index is 0.118. The fourth-order valence-corrected chi connectivity index (χ4v) is 0.808. The Hall–Kier alpha value is -1.16. The molecule has 0 saturated heterocycles. The molecule has 0 amide bonds. The van der Waals surface area contributed by atoms with E-state index < -0.39 is 5.97 Å². The largest absolute Gasteiger partial charge is 0.593 e. The molecule has 1 aromatic rings. The van der Waals surface area contributed by atoms with Crippen molar-refractivity contribution in [3.05, 3.63) is 23.8 Å². The van der Waals surface area contributed by atoms with E-state index >= 15 is 0 Å². The summed E-state index contributed by atoms with van der Waals surface area (Å²) >= 11 is 3.93. The zero-order valence-electron chi connectivity index (χ0n) is 5.53. The lowest BCUT2D eigenvalue weighted by atomic mass is 10.2.